The van der Waals surface area contributed by atoms with Crippen molar-refractivity contribution in [2.24, 2.45) is 5.11 Å². The molecular formula is C10H7N7. The molecule has 7 heteroatoms. The van der Waals surface area contributed by atoms with Crippen molar-refractivity contribution < 1.29 is 0 Å². The maximum absolute atomic E-state index is 8.57. The standard InChI is InChI=1S/C10H7N7/c1-6-2-3-9-7(4-6)8(12-14-11)5-10-13-15-16-17(9)10/h2-5H,1H3. The number of benzene rings is 1. The van der Waals surface area contributed by atoms with Crippen LogP contribution in [0.1, 0.15) is 5.56 Å². The Morgan fingerprint density at radius 2 is 2.24 bits per heavy atom. The number of hydrogen-bond donors (Lipinski definition) is 0. The second-order valence-electron chi connectivity index (χ2n) is 3.69. The third-order valence-electron chi connectivity index (χ3n) is 2.57. The Morgan fingerprint density at radius 1 is 1.35 bits per heavy atom. The lowest BCUT2D eigenvalue weighted by Gasteiger charge is -2.04. The Kier molecular flexibility index (Phi) is 1.93. The zero-order chi connectivity index (χ0) is 11.8. The van der Waals surface area contributed by atoms with E-state index in [9.17, 15) is 0 Å². The third kappa shape index (κ3) is 1.37. The summed E-state index contributed by atoms with van der Waals surface area (Å²) in [5, 5.41) is 15.9. The van der Waals surface area contributed by atoms with Gasteiger partial charge < -0.3 is 0 Å². The minimum absolute atomic E-state index is 0.536. The maximum Gasteiger partial charge on any atom is 0.180 e. The first-order chi connectivity index (χ1) is 8.29. The minimum Gasteiger partial charge on any atom is -0.193 e. The first kappa shape index (κ1) is 9.56. The molecule has 0 radical (unpaired) electrons. The number of aromatic nitrogens is 4. The summed E-state index contributed by atoms with van der Waals surface area (Å²) in [6.07, 6.45) is 0. The largest absolute Gasteiger partial charge is 0.193 e. The summed E-state index contributed by atoms with van der Waals surface area (Å²) in [5.74, 6) is 0. The molecule has 0 spiro atoms. The van der Waals surface area contributed by atoms with Crippen molar-refractivity contribution >= 4 is 22.2 Å². The molecule has 2 aromatic heterocycles. The van der Waals surface area contributed by atoms with Gasteiger partial charge in [0.1, 0.15) is 0 Å². The second-order valence-corrected chi connectivity index (χ2v) is 3.69. The zero-order valence-electron chi connectivity index (χ0n) is 8.94. The molecule has 3 aromatic rings. The molecule has 0 saturated carbocycles. The van der Waals surface area contributed by atoms with E-state index in [1.807, 2.05) is 25.1 Å². The predicted molar refractivity (Wildman–Crippen MR) is 61.8 cm³/mol. The average molecular weight is 225 g/mol. The summed E-state index contributed by atoms with van der Waals surface area (Å²) in [6, 6.07) is 7.48. The number of rotatable bonds is 1. The molecule has 0 aliphatic carbocycles. The Labute approximate surface area is 95.3 Å². The van der Waals surface area contributed by atoms with Crippen LogP contribution in [0.3, 0.4) is 0 Å². The highest BCUT2D eigenvalue weighted by Crippen LogP contribution is 2.28. The topological polar surface area (TPSA) is 91.8 Å². The molecular weight excluding hydrogens is 218 g/mol. The summed E-state index contributed by atoms with van der Waals surface area (Å²) in [5.41, 5.74) is 11.6. The third-order valence-corrected chi connectivity index (χ3v) is 2.57. The van der Waals surface area contributed by atoms with E-state index in [4.69, 9.17) is 5.53 Å². The van der Waals surface area contributed by atoms with Gasteiger partial charge in [0.05, 0.1) is 11.2 Å². The minimum atomic E-state index is 0.536. The first-order valence-corrected chi connectivity index (χ1v) is 4.96. The fourth-order valence-electron chi connectivity index (χ4n) is 1.83. The number of hydrogen-bond acceptors (Lipinski definition) is 4. The molecule has 0 N–H and O–H groups in total. The van der Waals surface area contributed by atoms with Gasteiger partial charge in [-0.3, -0.25) is 0 Å². The van der Waals surface area contributed by atoms with Gasteiger partial charge in [-0.15, -0.1) is 5.10 Å². The molecule has 0 aliphatic heterocycles. The van der Waals surface area contributed by atoms with Crippen LogP contribution in [0, 0.1) is 6.92 Å². The van der Waals surface area contributed by atoms with Crippen LogP contribution in [0.4, 0.5) is 5.69 Å². The van der Waals surface area contributed by atoms with E-state index in [1.54, 1.807) is 10.6 Å². The molecule has 3 rings (SSSR count). The van der Waals surface area contributed by atoms with Gasteiger partial charge in [0.15, 0.2) is 5.65 Å². The molecule has 82 valence electrons. The van der Waals surface area contributed by atoms with Crippen molar-refractivity contribution in [3.63, 3.8) is 0 Å². The smallest absolute Gasteiger partial charge is 0.180 e. The fourth-order valence-corrected chi connectivity index (χ4v) is 1.83. The predicted octanol–water partition coefficient (Wildman–Crippen LogP) is 2.53. The van der Waals surface area contributed by atoms with E-state index in [1.165, 1.54) is 0 Å². The molecule has 0 saturated heterocycles. The molecule has 17 heavy (non-hydrogen) atoms. The fraction of sp³-hybridized carbons (Fsp3) is 0.100. The van der Waals surface area contributed by atoms with Gasteiger partial charge in [-0.2, -0.15) is 4.52 Å². The normalized spacial score (nSPS) is 10.6. The van der Waals surface area contributed by atoms with Crippen molar-refractivity contribution in [1.29, 1.82) is 0 Å². The zero-order valence-corrected chi connectivity index (χ0v) is 8.94. The number of fused-ring (bicyclic) bond motifs is 3. The number of azide groups is 1. The van der Waals surface area contributed by atoms with E-state index >= 15 is 0 Å². The molecule has 7 nitrogen and oxygen atoms in total. The van der Waals surface area contributed by atoms with Gasteiger partial charge in [-0.1, -0.05) is 16.7 Å². The highest BCUT2D eigenvalue weighted by Gasteiger charge is 2.07. The Morgan fingerprint density at radius 3 is 3.06 bits per heavy atom. The number of pyridine rings is 1. The summed E-state index contributed by atoms with van der Waals surface area (Å²) < 4.78 is 1.62. The van der Waals surface area contributed by atoms with Crippen LogP contribution in [-0.4, -0.2) is 20.0 Å². The van der Waals surface area contributed by atoms with Crippen molar-refractivity contribution in [2.45, 2.75) is 6.92 Å². The molecule has 0 fully saturated rings. The van der Waals surface area contributed by atoms with Gasteiger partial charge in [0.2, 0.25) is 0 Å². The summed E-state index contributed by atoms with van der Waals surface area (Å²) in [7, 11) is 0. The van der Waals surface area contributed by atoms with Crippen LogP contribution in [0.25, 0.3) is 27.0 Å². The van der Waals surface area contributed by atoms with E-state index in [0.29, 0.717) is 11.3 Å². The van der Waals surface area contributed by atoms with E-state index in [-0.39, 0.29) is 0 Å². The Bertz CT molecular complexity index is 767. The van der Waals surface area contributed by atoms with Crippen LogP contribution < -0.4 is 0 Å². The maximum atomic E-state index is 8.57. The summed E-state index contributed by atoms with van der Waals surface area (Å²) in [4.78, 5) is 2.82. The van der Waals surface area contributed by atoms with Crippen LogP contribution >= 0.6 is 0 Å². The van der Waals surface area contributed by atoms with Crippen molar-refractivity contribution in [3.8, 4) is 0 Å². The van der Waals surface area contributed by atoms with Crippen molar-refractivity contribution in [3.05, 3.63) is 40.3 Å². The van der Waals surface area contributed by atoms with Crippen LogP contribution in [0.2, 0.25) is 0 Å². The molecule has 2 heterocycles. The lowest BCUT2D eigenvalue weighted by atomic mass is 10.1. The van der Waals surface area contributed by atoms with Gasteiger partial charge in [-0.25, -0.2) is 0 Å². The molecule has 1 aromatic carbocycles. The summed E-state index contributed by atoms with van der Waals surface area (Å²) >= 11 is 0. The molecule has 0 amide bonds. The molecule has 0 aliphatic rings. The monoisotopic (exact) mass is 225 g/mol. The molecule has 0 atom stereocenters. The van der Waals surface area contributed by atoms with Crippen molar-refractivity contribution in [2.75, 3.05) is 0 Å². The average Bonchev–Trinajstić information content (AvgIpc) is 2.77. The second kappa shape index (κ2) is 3.43. The number of tetrazole rings is 1. The lowest BCUT2D eigenvalue weighted by molar-refractivity contribution is 0.841. The number of aryl methyl sites for hydroxylation is 1. The van der Waals surface area contributed by atoms with Gasteiger partial charge >= 0.3 is 0 Å². The first-order valence-electron chi connectivity index (χ1n) is 4.96. The Balaban J connectivity index is 2.57. The van der Waals surface area contributed by atoms with E-state index < -0.39 is 0 Å². The molecule has 0 unspecified atom stereocenters. The van der Waals surface area contributed by atoms with Crippen LogP contribution in [0.5, 0.6) is 0 Å². The van der Waals surface area contributed by atoms with Gasteiger partial charge in [-0.05, 0) is 41.1 Å². The molecule has 0 bridgehead atoms. The van der Waals surface area contributed by atoms with E-state index in [0.717, 1.165) is 16.5 Å². The van der Waals surface area contributed by atoms with E-state index in [2.05, 4.69) is 25.6 Å². The van der Waals surface area contributed by atoms with Gasteiger partial charge in [0, 0.05) is 10.3 Å². The highest BCUT2D eigenvalue weighted by atomic mass is 15.5. The SMILES string of the molecule is Cc1ccc2c(c1)c(N=[N+]=[N-])cc1nnnn12. The number of nitrogens with zero attached hydrogens (tertiary/aromatic N) is 7. The highest BCUT2D eigenvalue weighted by molar-refractivity contribution is 5.92. The lowest BCUT2D eigenvalue weighted by Crippen LogP contribution is -1.91. The summed E-state index contributed by atoms with van der Waals surface area (Å²) in [6.45, 7) is 1.98. The Hall–Kier alpha value is -2.66. The van der Waals surface area contributed by atoms with Crippen LogP contribution in [-0.2, 0) is 0 Å². The quantitative estimate of drug-likeness (QED) is 0.362. The van der Waals surface area contributed by atoms with Crippen LogP contribution in [0.15, 0.2) is 29.4 Å². The van der Waals surface area contributed by atoms with Gasteiger partial charge in [0.25, 0.3) is 0 Å². The van der Waals surface area contributed by atoms with Crippen molar-refractivity contribution in [1.82, 2.24) is 20.0 Å².